The van der Waals surface area contributed by atoms with Crippen LogP contribution in [-0.4, -0.2) is 21.1 Å². The van der Waals surface area contributed by atoms with Gasteiger partial charge in [-0.15, -0.1) is 0 Å². The highest BCUT2D eigenvalue weighted by atomic mass is 35.5. The third-order valence-corrected chi connectivity index (χ3v) is 3.86. The van der Waals surface area contributed by atoms with Gasteiger partial charge in [0.05, 0.1) is 10.5 Å². The molecule has 1 aromatic heterocycles. The molecule has 3 nitrogen and oxygen atoms in total. The number of thioether (sulfide) groups is 1. The fraction of sp³-hybridized carbons (Fsp3) is 0.364. The molecule has 0 bridgehead atoms. The van der Waals surface area contributed by atoms with Gasteiger partial charge in [0, 0.05) is 11.8 Å². The van der Waals surface area contributed by atoms with Gasteiger partial charge in [-0.05, 0) is 18.4 Å². The number of hydrogen-bond donors (Lipinski definition) is 1. The first-order valence-corrected chi connectivity index (χ1v) is 6.73. The summed E-state index contributed by atoms with van der Waals surface area (Å²) in [4.78, 5) is 4.30. The van der Waals surface area contributed by atoms with Gasteiger partial charge in [0.1, 0.15) is 5.52 Å². The number of nitrogens with two attached hydrogens (primary N) is 1. The Balaban J connectivity index is 2.52. The minimum absolute atomic E-state index is 0.499. The van der Waals surface area contributed by atoms with Crippen molar-refractivity contribution in [3.63, 3.8) is 0 Å². The van der Waals surface area contributed by atoms with Crippen molar-refractivity contribution >= 4 is 40.3 Å². The fourth-order valence-electron chi connectivity index (χ4n) is 1.65. The van der Waals surface area contributed by atoms with Gasteiger partial charge in [0.15, 0.2) is 0 Å². The molecule has 5 heteroatoms. The van der Waals surface area contributed by atoms with Crippen LogP contribution in [0.2, 0.25) is 5.02 Å². The molecule has 0 amide bonds. The molecule has 0 aliphatic heterocycles. The summed E-state index contributed by atoms with van der Waals surface area (Å²) < 4.78 is 2.02. The number of imidazole rings is 1. The second kappa shape index (κ2) is 4.55. The summed E-state index contributed by atoms with van der Waals surface area (Å²) in [5.41, 5.74) is 7.70. The van der Waals surface area contributed by atoms with Crippen molar-refractivity contribution in [2.75, 3.05) is 12.0 Å². The zero-order valence-corrected chi connectivity index (χ0v) is 10.8. The first kappa shape index (κ1) is 11.6. The molecule has 1 heterocycles. The standard InChI is InChI=1S/C11H14ClN3S/c1-7(16-2)6-15-9-5-3-4-8(12)10(9)14-11(15)13/h3-5,7H,6H2,1-2H3,(H2,13,14). The number of halogens is 1. The number of rotatable bonds is 3. The summed E-state index contributed by atoms with van der Waals surface area (Å²) >= 11 is 7.88. The van der Waals surface area contributed by atoms with Crippen molar-refractivity contribution in [2.24, 2.45) is 0 Å². The van der Waals surface area contributed by atoms with Crippen molar-refractivity contribution in [3.05, 3.63) is 23.2 Å². The number of nitrogens with zero attached hydrogens (tertiary/aromatic N) is 2. The molecule has 0 fully saturated rings. The molecular formula is C11H14ClN3S. The first-order chi connectivity index (χ1) is 7.63. The lowest BCUT2D eigenvalue weighted by Crippen LogP contribution is -2.11. The van der Waals surface area contributed by atoms with Gasteiger partial charge in [-0.2, -0.15) is 11.8 Å². The summed E-state index contributed by atoms with van der Waals surface area (Å²) in [6.45, 7) is 3.02. The Bertz CT molecular complexity index is 509. The maximum absolute atomic E-state index is 6.08. The Morgan fingerprint density at radius 3 is 3.00 bits per heavy atom. The van der Waals surface area contributed by atoms with Crippen molar-refractivity contribution in [1.82, 2.24) is 9.55 Å². The summed E-state index contributed by atoms with van der Waals surface area (Å²) in [6, 6.07) is 5.75. The van der Waals surface area contributed by atoms with Gasteiger partial charge in [0.2, 0.25) is 5.95 Å². The lowest BCUT2D eigenvalue weighted by Gasteiger charge is -2.11. The van der Waals surface area contributed by atoms with E-state index in [2.05, 4.69) is 18.2 Å². The molecule has 2 aromatic rings. The van der Waals surface area contributed by atoms with Crippen molar-refractivity contribution in [1.29, 1.82) is 0 Å². The van der Waals surface area contributed by atoms with Crippen molar-refractivity contribution < 1.29 is 0 Å². The van der Waals surface area contributed by atoms with Gasteiger partial charge >= 0.3 is 0 Å². The van der Waals surface area contributed by atoms with E-state index in [-0.39, 0.29) is 0 Å². The topological polar surface area (TPSA) is 43.8 Å². The molecule has 86 valence electrons. The van der Waals surface area contributed by atoms with E-state index in [1.165, 1.54) is 0 Å². The number of anilines is 1. The summed E-state index contributed by atoms with van der Waals surface area (Å²) in [7, 11) is 0. The molecule has 0 saturated heterocycles. The van der Waals surface area contributed by atoms with E-state index in [1.807, 2.05) is 34.5 Å². The Morgan fingerprint density at radius 2 is 2.31 bits per heavy atom. The minimum atomic E-state index is 0.499. The third kappa shape index (κ3) is 1.99. The zero-order chi connectivity index (χ0) is 11.7. The number of nitrogen functional groups attached to an aromatic ring is 1. The van der Waals surface area contributed by atoms with Gasteiger partial charge in [0.25, 0.3) is 0 Å². The molecule has 0 aliphatic rings. The smallest absolute Gasteiger partial charge is 0.201 e. The van der Waals surface area contributed by atoms with Gasteiger partial charge in [-0.25, -0.2) is 4.98 Å². The lowest BCUT2D eigenvalue weighted by molar-refractivity contribution is 0.721. The Hall–Kier alpha value is -0.870. The molecule has 0 spiro atoms. The quantitative estimate of drug-likeness (QED) is 0.917. The maximum atomic E-state index is 6.08. The number of aromatic nitrogens is 2. The Kier molecular flexibility index (Phi) is 3.30. The Labute approximate surface area is 104 Å². The molecule has 0 radical (unpaired) electrons. The third-order valence-electron chi connectivity index (χ3n) is 2.60. The van der Waals surface area contributed by atoms with E-state index in [9.17, 15) is 0 Å². The van der Waals surface area contributed by atoms with E-state index < -0.39 is 0 Å². The van der Waals surface area contributed by atoms with E-state index in [0.29, 0.717) is 16.2 Å². The highest BCUT2D eigenvalue weighted by Crippen LogP contribution is 2.26. The normalized spacial score (nSPS) is 13.2. The number of hydrogen-bond acceptors (Lipinski definition) is 3. The minimum Gasteiger partial charge on any atom is -0.369 e. The van der Waals surface area contributed by atoms with Gasteiger partial charge in [-0.1, -0.05) is 24.6 Å². The average Bonchev–Trinajstić information content (AvgIpc) is 2.58. The predicted octanol–water partition coefficient (Wildman–Crippen LogP) is 3.02. The number of fused-ring (bicyclic) bond motifs is 1. The summed E-state index contributed by atoms with van der Waals surface area (Å²) in [5, 5.41) is 1.15. The molecular weight excluding hydrogens is 242 g/mol. The van der Waals surface area contributed by atoms with Crippen molar-refractivity contribution in [2.45, 2.75) is 18.7 Å². The highest BCUT2D eigenvalue weighted by molar-refractivity contribution is 7.99. The molecule has 0 aliphatic carbocycles. The van der Waals surface area contributed by atoms with Crippen LogP contribution in [0, 0.1) is 0 Å². The van der Waals surface area contributed by atoms with Crippen LogP contribution in [0.1, 0.15) is 6.92 Å². The van der Waals surface area contributed by atoms with E-state index >= 15 is 0 Å². The maximum Gasteiger partial charge on any atom is 0.201 e. The van der Waals surface area contributed by atoms with E-state index in [1.54, 1.807) is 0 Å². The van der Waals surface area contributed by atoms with Crippen LogP contribution in [0.25, 0.3) is 11.0 Å². The van der Waals surface area contributed by atoms with E-state index in [0.717, 1.165) is 17.6 Å². The highest BCUT2D eigenvalue weighted by Gasteiger charge is 2.12. The molecule has 0 saturated carbocycles. The van der Waals surface area contributed by atoms with Crippen LogP contribution < -0.4 is 5.73 Å². The SMILES string of the molecule is CSC(C)Cn1c(N)nc2c(Cl)cccc21. The van der Waals surface area contributed by atoms with Crippen LogP contribution in [0.3, 0.4) is 0 Å². The van der Waals surface area contributed by atoms with Crippen LogP contribution in [0.5, 0.6) is 0 Å². The molecule has 2 N–H and O–H groups in total. The second-order valence-electron chi connectivity index (χ2n) is 3.73. The van der Waals surface area contributed by atoms with Crippen LogP contribution in [-0.2, 0) is 6.54 Å². The molecule has 16 heavy (non-hydrogen) atoms. The number of benzene rings is 1. The molecule has 2 rings (SSSR count). The Morgan fingerprint density at radius 1 is 1.56 bits per heavy atom. The zero-order valence-electron chi connectivity index (χ0n) is 9.27. The van der Waals surface area contributed by atoms with Crippen LogP contribution >= 0.6 is 23.4 Å². The summed E-state index contributed by atoms with van der Waals surface area (Å²) in [5.74, 6) is 0.531. The lowest BCUT2D eigenvalue weighted by atomic mass is 10.3. The monoisotopic (exact) mass is 255 g/mol. The average molecular weight is 256 g/mol. The molecule has 1 atom stereocenters. The summed E-state index contributed by atoms with van der Waals surface area (Å²) in [6.07, 6.45) is 2.09. The predicted molar refractivity (Wildman–Crippen MR) is 72.1 cm³/mol. The van der Waals surface area contributed by atoms with Crippen molar-refractivity contribution in [3.8, 4) is 0 Å². The molecule has 1 aromatic carbocycles. The van der Waals surface area contributed by atoms with E-state index in [4.69, 9.17) is 17.3 Å². The largest absolute Gasteiger partial charge is 0.369 e. The van der Waals surface area contributed by atoms with Crippen LogP contribution in [0.15, 0.2) is 18.2 Å². The molecule has 1 unspecified atom stereocenters. The number of para-hydroxylation sites is 1. The van der Waals surface area contributed by atoms with Gasteiger partial charge in [-0.3, -0.25) is 0 Å². The first-order valence-electron chi connectivity index (χ1n) is 5.06. The van der Waals surface area contributed by atoms with Gasteiger partial charge < -0.3 is 10.3 Å². The second-order valence-corrected chi connectivity index (χ2v) is 5.42. The fourth-order valence-corrected chi connectivity index (χ4v) is 2.16. The van der Waals surface area contributed by atoms with Crippen LogP contribution in [0.4, 0.5) is 5.95 Å².